The molecular formula is C15H20N4O. The van der Waals surface area contributed by atoms with Crippen molar-refractivity contribution in [3.63, 3.8) is 0 Å². The fraction of sp³-hybridized carbons (Fsp3) is 0.333. The third-order valence-corrected chi connectivity index (χ3v) is 2.89. The van der Waals surface area contributed by atoms with Crippen LogP contribution in [0.3, 0.4) is 0 Å². The van der Waals surface area contributed by atoms with Crippen molar-refractivity contribution in [1.82, 2.24) is 9.97 Å². The first-order chi connectivity index (χ1) is 9.71. The number of nitrogens with one attached hydrogen (secondary N) is 1. The molecule has 0 aliphatic rings. The Bertz CT molecular complexity index is 572. The minimum Gasteiger partial charge on any atom is -0.481 e. The van der Waals surface area contributed by atoms with E-state index < -0.39 is 0 Å². The van der Waals surface area contributed by atoms with E-state index >= 15 is 0 Å². The Balaban J connectivity index is 2.15. The molecule has 0 spiro atoms. The Labute approximate surface area is 119 Å². The van der Waals surface area contributed by atoms with Gasteiger partial charge in [0.25, 0.3) is 0 Å². The van der Waals surface area contributed by atoms with Gasteiger partial charge in [0.05, 0.1) is 7.11 Å². The van der Waals surface area contributed by atoms with Gasteiger partial charge < -0.3 is 15.8 Å². The van der Waals surface area contributed by atoms with E-state index in [4.69, 9.17) is 10.5 Å². The van der Waals surface area contributed by atoms with Gasteiger partial charge in [-0.1, -0.05) is 12.1 Å². The maximum absolute atomic E-state index is 5.54. The van der Waals surface area contributed by atoms with E-state index in [0.29, 0.717) is 18.2 Å². The van der Waals surface area contributed by atoms with Crippen LogP contribution in [0.15, 0.2) is 30.3 Å². The van der Waals surface area contributed by atoms with Crippen LogP contribution in [-0.4, -0.2) is 23.6 Å². The number of aryl methyl sites for hydroxylation is 2. The van der Waals surface area contributed by atoms with E-state index in [9.17, 15) is 0 Å². The topological polar surface area (TPSA) is 73.1 Å². The first-order valence-corrected chi connectivity index (χ1v) is 6.67. The summed E-state index contributed by atoms with van der Waals surface area (Å²) in [7, 11) is 1.60. The van der Waals surface area contributed by atoms with Crippen LogP contribution >= 0.6 is 0 Å². The van der Waals surface area contributed by atoms with Gasteiger partial charge in [-0.15, -0.1) is 0 Å². The molecule has 0 aliphatic carbocycles. The first-order valence-electron chi connectivity index (χ1n) is 6.67. The lowest BCUT2D eigenvalue weighted by molar-refractivity contribution is 0.396. The first kappa shape index (κ1) is 14.3. The van der Waals surface area contributed by atoms with Crippen LogP contribution in [0.2, 0.25) is 0 Å². The maximum Gasteiger partial charge on any atom is 0.218 e. The van der Waals surface area contributed by atoms with Gasteiger partial charge >= 0.3 is 0 Å². The molecule has 0 bridgehead atoms. The molecule has 3 N–H and O–H groups in total. The summed E-state index contributed by atoms with van der Waals surface area (Å²) in [6.45, 7) is 2.55. The van der Waals surface area contributed by atoms with Crippen LogP contribution in [0, 0.1) is 6.92 Å². The summed E-state index contributed by atoms with van der Waals surface area (Å²) in [5, 5.41) is 3.27. The Hall–Kier alpha value is -2.14. The molecule has 2 aromatic rings. The predicted molar refractivity (Wildman–Crippen MR) is 80.4 cm³/mol. The van der Waals surface area contributed by atoms with Crippen molar-refractivity contribution in [1.29, 1.82) is 0 Å². The second-order valence-corrected chi connectivity index (χ2v) is 4.56. The van der Waals surface area contributed by atoms with Gasteiger partial charge in [-0.2, -0.15) is 4.98 Å². The zero-order valence-electron chi connectivity index (χ0n) is 11.9. The molecule has 0 saturated carbocycles. The summed E-state index contributed by atoms with van der Waals surface area (Å²) in [4.78, 5) is 8.51. The molecule has 0 saturated heterocycles. The zero-order valence-corrected chi connectivity index (χ0v) is 11.9. The van der Waals surface area contributed by atoms with Crippen molar-refractivity contribution in [2.75, 3.05) is 19.0 Å². The summed E-state index contributed by atoms with van der Waals surface area (Å²) in [6.07, 6.45) is 1.97. The molecule has 0 atom stereocenters. The number of ether oxygens (including phenoxy) is 1. The average Bonchev–Trinajstić information content (AvgIpc) is 2.45. The van der Waals surface area contributed by atoms with E-state index in [1.165, 1.54) is 5.56 Å². The van der Waals surface area contributed by atoms with Gasteiger partial charge in [0.15, 0.2) is 0 Å². The Morgan fingerprint density at radius 3 is 2.85 bits per heavy atom. The molecule has 0 fully saturated rings. The molecule has 5 nitrogen and oxygen atoms in total. The average molecular weight is 272 g/mol. The molecule has 0 unspecified atom stereocenters. The lowest BCUT2D eigenvalue weighted by Gasteiger charge is -2.09. The smallest absolute Gasteiger partial charge is 0.218 e. The summed E-state index contributed by atoms with van der Waals surface area (Å²) in [5.41, 5.74) is 7.80. The van der Waals surface area contributed by atoms with Crippen molar-refractivity contribution < 1.29 is 4.74 Å². The molecule has 20 heavy (non-hydrogen) atoms. The van der Waals surface area contributed by atoms with E-state index in [1.54, 1.807) is 13.2 Å². The number of nitrogens with zero attached hydrogens (tertiary/aromatic N) is 2. The monoisotopic (exact) mass is 272 g/mol. The standard InChI is InChI=1S/C15H20N4O/c1-11-17-14(10-15(18-11)20-2)19-13-7-3-5-12(9-13)6-4-8-16/h3,5,7,9-10H,4,6,8,16H2,1-2H3,(H,17,18,19). The minimum absolute atomic E-state index is 0.555. The molecule has 1 aromatic carbocycles. The Kier molecular flexibility index (Phi) is 4.90. The van der Waals surface area contributed by atoms with Crippen LogP contribution in [-0.2, 0) is 6.42 Å². The Morgan fingerprint density at radius 1 is 1.25 bits per heavy atom. The van der Waals surface area contributed by atoms with Gasteiger partial charge in [0.2, 0.25) is 5.88 Å². The number of rotatable bonds is 6. The van der Waals surface area contributed by atoms with Crippen molar-refractivity contribution in [3.8, 4) is 5.88 Å². The fourth-order valence-electron chi connectivity index (χ4n) is 1.97. The van der Waals surface area contributed by atoms with Crippen molar-refractivity contribution in [3.05, 3.63) is 41.7 Å². The molecule has 0 aliphatic heterocycles. The van der Waals surface area contributed by atoms with Gasteiger partial charge in [0, 0.05) is 11.8 Å². The molecule has 0 radical (unpaired) electrons. The third kappa shape index (κ3) is 3.93. The van der Waals surface area contributed by atoms with E-state index in [-0.39, 0.29) is 0 Å². The number of hydrogen-bond donors (Lipinski definition) is 2. The number of nitrogens with two attached hydrogens (primary N) is 1. The van der Waals surface area contributed by atoms with Crippen LogP contribution < -0.4 is 15.8 Å². The molecule has 1 aromatic heterocycles. The highest BCUT2D eigenvalue weighted by Crippen LogP contribution is 2.19. The fourth-order valence-corrected chi connectivity index (χ4v) is 1.97. The largest absolute Gasteiger partial charge is 0.481 e. The summed E-state index contributed by atoms with van der Waals surface area (Å²) < 4.78 is 5.15. The third-order valence-electron chi connectivity index (χ3n) is 2.89. The zero-order chi connectivity index (χ0) is 14.4. The summed E-state index contributed by atoms with van der Waals surface area (Å²) >= 11 is 0. The lowest BCUT2D eigenvalue weighted by Crippen LogP contribution is -2.01. The van der Waals surface area contributed by atoms with Crippen molar-refractivity contribution in [2.24, 2.45) is 5.73 Å². The van der Waals surface area contributed by atoms with E-state index in [2.05, 4.69) is 27.4 Å². The van der Waals surface area contributed by atoms with E-state index in [1.807, 2.05) is 19.1 Å². The molecule has 5 heteroatoms. The molecule has 106 valence electrons. The van der Waals surface area contributed by atoms with Crippen molar-refractivity contribution in [2.45, 2.75) is 19.8 Å². The van der Waals surface area contributed by atoms with Gasteiger partial charge in [-0.3, -0.25) is 0 Å². The van der Waals surface area contributed by atoms with Crippen LogP contribution in [0.1, 0.15) is 17.8 Å². The summed E-state index contributed by atoms with van der Waals surface area (Å²) in [6, 6.07) is 10.0. The van der Waals surface area contributed by atoms with Crippen LogP contribution in [0.4, 0.5) is 11.5 Å². The SMILES string of the molecule is COc1cc(Nc2cccc(CCCN)c2)nc(C)n1. The molecule has 2 rings (SSSR count). The van der Waals surface area contributed by atoms with Gasteiger partial charge in [-0.05, 0) is 44.0 Å². The maximum atomic E-state index is 5.54. The number of methoxy groups -OCH3 is 1. The van der Waals surface area contributed by atoms with Crippen molar-refractivity contribution >= 4 is 11.5 Å². The van der Waals surface area contributed by atoms with Gasteiger partial charge in [-0.25, -0.2) is 4.98 Å². The van der Waals surface area contributed by atoms with E-state index in [0.717, 1.165) is 24.3 Å². The predicted octanol–water partition coefficient (Wildman–Crippen LogP) is 2.43. The second-order valence-electron chi connectivity index (χ2n) is 4.56. The Morgan fingerprint density at radius 2 is 2.10 bits per heavy atom. The van der Waals surface area contributed by atoms with Gasteiger partial charge in [0.1, 0.15) is 11.6 Å². The van der Waals surface area contributed by atoms with Crippen LogP contribution in [0.25, 0.3) is 0 Å². The number of hydrogen-bond acceptors (Lipinski definition) is 5. The lowest BCUT2D eigenvalue weighted by atomic mass is 10.1. The summed E-state index contributed by atoms with van der Waals surface area (Å²) in [5.74, 6) is 1.95. The highest BCUT2D eigenvalue weighted by molar-refractivity contribution is 5.57. The molecule has 1 heterocycles. The molecular weight excluding hydrogens is 252 g/mol. The number of aromatic nitrogens is 2. The normalized spacial score (nSPS) is 10.3. The minimum atomic E-state index is 0.555. The highest BCUT2D eigenvalue weighted by Gasteiger charge is 2.03. The number of benzene rings is 1. The number of anilines is 2. The quantitative estimate of drug-likeness (QED) is 0.845. The molecule has 0 amide bonds. The van der Waals surface area contributed by atoms with Crippen LogP contribution in [0.5, 0.6) is 5.88 Å². The highest BCUT2D eigenvalue weighted by atomic mass is 16.5. The second kappa shape index (κ2) is 6.86.